The van der Waals surface area contributed by atoms with E-state index in [1.165, 1.54) is 0 Å². The first-order valence-electron chi connectivity index (χ1n) is 5.95. The van der Waals surface area contributed by atoms with Crippen molar-refractivity contribution in [1.29, 1.82) is 0 Å². The zero-order valence-electron chi connectivity index (χ0n) is 10.8. The fraction of sp³-hybridized carbons (Fsp3) is 0.133. The summed E-state index contributed by atoms with van der Waals surface area (Å²) in [7, 11) is 1.60. The van der Waals surface area contributed by atoms with E-state index in [2.05, 4.69) is 5.32 Å². The number of halogens is 2. The van der Waals surface area contributed by atoms with Crippen molar-refractivity contribution in [1.82, 2.24) is 5.32 Å². The van der Waals surface area contributed by atoms with Gasteiger partial charge in [0.05, 0.1) is 7.11 Å². The lowest BCUT2D eigenvalue weighted by Crippen LogP contribution is -2.22. The molecule has 0 radical (unpaired) electrons. The fourth-order valence-electron chi connectivity index (χ4n) is 1.75. The Morgan fingerprint density at radius 2 is 1.85 bits per heavy atom. The number of benzene rings is 2. The van der Waals surface area contributed by atoms with Gasteiger partial charge in [0.15, 0.2) is 0 Å². The molecule has 2 aromatic rings. The summed E-state index contributed by atoms with van der Waals surface area (Å²) in [6.45, 7) is 0.403. The zero-order chi connectivity index (χ0) is 14.5. The van der Waals surface area contributed by atoms with Crippen LogP contribution in [0.25, 0.3) is 0 Å². The summed E-state index contributed by atoms with van der Waals surface area (Å²) in [6, 6.07) is 12.2. The van der Waals surface area contributed by atoms with E-state index in [9.17, 15) is 4.79 Å². The summed E-state index contributed by atoms with van der Waals surface area (Å²) >= 11 is 11.7. The Balaban J connectivity index is 2.04. The molecule has 0 aromatic heterocycles. The third-order valence-corrected chi connectivity index (χ3v) is 3.15. The number of carbonyl (C=O) groups excluding carboxylic acids is 1. The topological polar surface area (TPSA) is 38.3 Å². The van der Waals surface area contributed by atoms with Gasteiger partial charge in [-0.3, -0.25) is 4.79 Å². The summed E-state index contributed by atoms with van der Waals surface area (Å²) in [5, 5.41) is 3.68. The first-order chi connectivity index (χ1) is 9.58. The molecule has 20 heavy (non-hydrogen) atoms. The first-order valence-corrected chi connectivity index (χ1v) is 6.71. The van der Waals surface area contributed by atoms with Crippen LogP contribution in [0, 0.1) is 0 Å². The van der Waals surface area contributed by atoms with Crippen LogP contribution in [0.4, 0.5) is 0 Å². The number of amides is 1. The molecule has 3 nitrogen and oxygen atoms in total. The SMILES string of the molecule is COc1cccc(CNC(=O)c2cc(Cl)cc(Cl)c2)c1. The minimum Gasteiger partial charge on any atom is -0.497 e. The standard InChI is InChI=1S/C15H13Cl2NO2/c1-20-14-4-2-3-10(5-14)9-18-15(19)11-6-12(16)8-13(17)7-11/h2-8H,9H2,1H3,(H,18,19). The van der Waals surface area contributed by atoms with E-state index in [-0.39, 0.29) is 5.91 Å². The molecule has 0 atom stereocenters. The lowest BCUT2D eigenvalue weighted by Gasteiger charge is -2.07. The lowest BCUT2D eigenvalue weighted by molar-refractivity contribution is 0.0951. The number of hydrogen-bond acceptors (Lipinski definition) is 2. The van der Waals surface area contributed by atoms with Crippen molar-refractivity contribution in [2.45, 2.75) is 6.54 Å². The number of nitrogens with one attached hydrogen (secondary N) is 1. The van der Waals surface area contributed by atoms with E-state index in [0.29, 0.717) is 22.2 Å². The second kappa shape index (κ2) is 6.64. The Morgan fingerprint density at radius 1 is 1.15 bits per heavy atom. The van der Waals surface area contributed by atoms with Crippen LogP contribution in [-0.2, 0) is 6.54 Å². The molecule has 0 heterocycles. The van der Waals surface area contributed by atoms with Gasteiger partial charge in [-0.15, -0.1) is 0 Å². The molecular formula is C15H13Cl2NO2. The number of ether oxygens (including phenoxy) is 1. The normalized spacial score (nSPS) is 10.2. The highest BCUT2D eigenvalue weighted by Gasteiger charge is 2.07. The van der Waals surface area contributed by atoms with E-state index in [1.54, 1.807) is 25.3 Å². The summed E-state index contributed by atoms with van der Waals surface area (Å²) in [5.41, 5.74) is 1.39. The van der Waals surface area contributed by atoms with Crippen molar-refractivity contribution >= 4 is 29.1 Å². The number of carbonyl (C=O) groups is 1. The molecule has 0 unspecified atom stereocenters. The highest BCUT2D eigenvalue weighted by molar-refractivity contribution is 6.35. The Hall–Kier alpha value is -1.71. The van der Waals surface area contributed by atoms with Gasteiger partial charge in [0.1, 0.15) is 5.75 Å². The molecular weight excluding hydrogens is 297 g/mol. The fourth-order valence-corrected chi connectivity index (χ4v) is 2.28. The third kappa shape index (κ3) is 3.89. The van der Waals surface area contributed by atoms with E-state index in [1.807, 2.05) is 24.3 Å². The Bertz CT molecular complexity index is 609. The van der Waals surface area contributed by atoms with Gasteiger partial charge < -0.3 is 10.1 Å². The van der Waals surface area contributed by atoms with Crippen molar-refractivity contribution in [3.05, 3.63) is 63.6 Å². The molecule has 5 heteroatoms. The van der Waals surface area contributed by atoms with Gasteiger partial charge in [-0.05, 0) is 35.9 Å². The molecule has 1 N–H and O–H groups in total. The van der Waals surface area contributed by atoms with Crippen LogP contribution in [0.5, 0.6) is 5.75 Å². The maximum Gasteiger partial charge on any atom is 0.251 e. The number of hydrogen-bond donors (Lipinski definition) is 1. The molecule has 0 saturated carbocycles. The van der Waals surface area contributed by atoms with Crippen LogP contribution in [0.3, 0.4) is 0 Å². The predicted octanol–water partition coefficient (Wildman–Crippen LogP) is 3.93. The Labute approximate surface area is 127 Å². The van der Waals surface area contributed by atoms with Gasteiger partial charge in [-0.25, -0.2) is 0 Å². The van der Waals surface area contributed by atoms with Crippen molar-refractivity contribution < 1.29 is 9.53 Å². The van der Waals surface area contributed by atoms with Gasteiger partial charge in [-0.2, -0.15) is 0 Å². The maximum absolute atomic E-state index is 12.0. The molecule has 0 aliphatic rings. The molecule has 0 bridgehead atoms. The van der Waals surface area contributed by atoms with Crippen LogP contribution in [0.1, 0.15) is 15.9 Å². The smallest absolute Gasteiger partial charge is 0.251 e. The molecule has 2 aromatic carbocycles. The molecule has 0 fully saturated rings. The minimum atomic E-state index is -0.225. The number of methoxy groups -OCH3 is 1. The van der Waals surface area contributed by atoms with Crippen LogP contribution in [0.2, 0.25) is 10.0 Å². The second-order valence-corrected chi connectivity index (χ2v) is 5.07. The number of rotatable bonds is 4. The first kappa shape index (κ1) is 14.7. The maximum atomic E-state index is 12.0. The van der Waals surface area contributed by atoms with Crippen LogP contribution in [-0.4, -0.2) is 13.0 Å². The molecule has 2 rings (SSSR count). The molecule has 0 saturated heterocycles. The quantitative estimate of drug-likeness (QED) is 0.929. The Kier molecular flexibility index (Phi) is 4.88. The highest BCUT2D eigenvalue weighted by Crippen LogP contribution is 2.19. The van der Waals surface area contributed by atoms with Crippen LogP contribution >= 0.6 is 23.2 Å². The molecule has 0 aliphatic carbocycles. The zero-order valence-corrected chi connectivity index (χ0v) is 12.3. The van der Waals surface area contributed by atoms with Gasteiger partial charge >= 0.3 is 0 Å². The van der Waals surface area contributed by atoms with Gasteiger partial charge in [0.2, 0.25) is 0 Å². The van der Waals surface area contributed by atoms with E-state index >= 15 is 0 Å². The molecule has 1 amide bonds. The summed E-state index contributed by atoms with van der Waals surface area (Å²) in [6.07, 6.45) is 0. The average Bonchev–Trinajstić information content (AvgIpc) is 2.44. The minimum absolute atomic E-state index is 0.225. The largest absolute Gasteiger partial charge is 0.497 e. The third-order valence-electron chi connectivity index (χ3n) is 2.71. The van der Waals surface area contributed by atoms with Gasteiger partial charge in [0, 0.05) is 22.2 Å². The van der Waals surface area contributed by atoms with Crippen LogP contribution < -0.4 is 10.1 Å². The van der Waals surface area contributed by atoms with E-state index in [0.717, 1.165) is 11.3 Å². The van der Waals surface area contributed by atoms with E-state index < -0.39 is 0 Å². The molecule has 104 valence electrons. The monoisotopic (exact) mass is 309 g/mol. The Morgan fingerprint density at radius 3 is 2.50 bits per heavy atom. The van der Waals surface area contributed by atoms with Crippen molar-refractivity contribution in [3.63, 3.8) is 0 Å². The summed E-state index contributed by atoms with van der Waals surface area (Å²) in [4.78, 5) is 12.0. The van der Waals surface area contributed by atoms with Crippen molar-refractivity contribution in [3.8, 4) is 5.75 Å². The predicted molar refractivity (Wildman–Crippen MR) is 80.6 cm³/mol. The van der Waals surface area contributed by atoms with Crippen LogP contribution in [0.15, 0.2) is 42.5 Å². The lowest BCUT2D eigenvalue weighted by atomic mass is 10.2. The summed E-state index contributed by atoms with van der Waals surface area (Å²) < 4.78 is 5.13. The van der Waals surface area contributed by atoms with Gasteiger partial charge in [-0.1, -0.05) is 35.3 Å². The second-order valence-electron chi connectivity index (χ2n) is 4.19. The molecule has 0 aliphatic heterocycles. The van der Waals surface area contributed by atoms with E-state index in [4.69, 9.17) is 27.9 Å². The summed E-state index contributed by atoms with van der Waals surface area (Å²) in [5.74, 6) is 0.528. The average molecular weight is 310 g/mol. The highest BCUT2D eigenvalue weighted by atomic mass is 35.5. The molecule has 0 spiro atoms. The van der Waals surface area contributed by atoms with Gasteiger partial charge in [0.25, 0.3) is 5.91 Å². The van der Waals surface area contributed by atoms with Crippen molar-refractivity contribution in [2.24, 2.45) is 0 Å². The van der Waals surface area contributed by atoms with Crippen molar-refractivity contribution in [2.75, 3.05) is 7.11 Å².